The first kappa shape index (κ1) is 12.0. The second-order valence-corrected chi connectivity index (χ2v) is 5.85. The summed E-state index contributed by atoms with van der Waals surface area (Å²) in [5.41, 5.74) is 0.437. The zero-order valence-corrected chi connectivity index (χ0v) is 10.3. The first-order valence-corrected chi connectivity index (χ1v) is 6.46. The van der Waals surface area contributed by atoms with Gasteiger partial charge in [0.05, 0.1) is 6.07 Å². The maximum Gasteiger partial charge on any atom is 0.248 e. The van der Waals surface area contributed by atoms with E-state index < -0.39 is 15.3 Å². The molecule has 0 heterocycles. The Morgan fingerprint density at radius 3 is 2.73 bits per heavy atom. The fraction of sp³-hybridized carbons (Fsp3) is 0.222. The van der Waals surface area contributed by atoms with Gasteiger partial charge in [-0.15, -0.1) is 0 Å². The van der Waals surface area contributed by atoms with Crippen LogP contribution in [0.4, 0.5) is 5.69 Å². The molecule has 6 heteroatoms. The summed E-state index contributed by atoms with van der Waals surface area (Å²) >= 11 is 3.22. The van der Waals surface area contributed by atoms with E-state index in [1.54, 1.807) is 30.3 Å². The van der Waals surface area contributed by atoms with Crippen LogP contribution in [-0.4, -0.2) is 13.7 Å². The molecular formula is C9H9BrN2O2S. The highest BCUT2D eigenvalue weighted by atomic mass is 79.9. The van der Waals surface area contributed by atoms with Gasteiger partial charge in [-0.05, 0) is 25.1 Å². The summed E-state index contributed by atoms with van der Waals surface area (Å²) in [5, 5.41) is 7.45. The highest BCUT2D eigenvalue weighted by Crippen LogP contribution is 2.17. The Kier molecular flexibility index (Phi) is 3.72. The van der Waals surface area contributed by atoms with Gasteiger partial charge in [-0.3, -0.25) is 4.72 Å². The molecule has 0 fully saturated rings. The molecule has 1 unspecified atom stereocenters. The predicted molar refractivity (Wildman–Crippen MR) is 61.8 cm³/mol. The molecule has 0 aromatic heterocycles. The zero-order chi connectivity index (χ0) is 11.5. The van der Waals surface area contributed by atoms with Crippen molar-refractivity contribution in [1.29, 1.82) is 5.26 Å². The van der Waals surface area contributed by atoms with Gasteiger partial charge in [-0.25, -0.2) is 8.42 Å². The molecule has 15 heavy (non-hydrogen) atoms. The molecule has 0 aliphatic heterocycles. The average Bonchev–Trinajstić information content (AvgIpc) is 2.15. The number of nitrogens with zero attached hydrogens (tertiary/aromatic N) is 1. The van der Waals surface area contributed by atoms with E-state index in [4.69, 9.17) is 5.26 Å². The van der Waals surface area contributed by atoms with Gasteiger partial charge >= 0.3 is 0 Å². The Morgan fingerprint density at radius 2 is 2.20 bits per heavy atom. The number of benzene rings is 1. The smallest absolute Gasteiger partial charge is 0.248 e. The summed E-state index contributed by atoms with van der Waals surface area (Å²) in [6.45, 7) is 1.33. The molecule has 1 rings (SSSR count). The monoisotopic (exact) mass is 288 g/mol. The van der Waals surface area contributed by atoms with Crippen molar-refractivity contribution in [3.05, 3.63) is 28.7 Å². The van der Waals surface area contributed by atoms with Gasteiger partial charge in [0, 0.05) is 10.2 Å². The molecule has 4 nitrogen and oxygen atoms in total. The highest BCUT2D eigenvalue weighted by molar-refractivity contribution is 9.10. The molecular weight excluding hydrogens is 280 g/mol. The molecule has 80 valence electrons. The van der Waals surface area contributed by atoms with Gasteiger partial charge in [-0.2, -0.15) is 5.26 Å². The van der Waals surface area contributed by atoms with E-state index in [1.807, 2.05) is 0 Å². The summed E-state index contributed by atoms with van der Waals surface area (Å²) < 4.78 is 26.1. The summed E-state index contributed by atoms with van der Waals surface area (Å²) in [6.07, 6.45) is 0. The minimum absolute atomic E-state index is 0.437. The van der Waals surface area contributed by atoms with E-state index in [-0.39, 0.29) is 0 Å². The SMILES string of the molecule is CC(C#N)S(=O)(=O)Nc1cccc(Br)c1. The number of nitrogens with one attached hydrogen (secondary N) is 1. The van der Waals surface area contributed by atoms with Gasteiger partial charge in [0.2, 0.25) is 10.0 Å². The molecule has 0 saturated heterocycles. The molecule has 1 aromatic rings. The Hall–Kier alpha value is -1.06. The standard InChI is InChI=1S/C9H9BrN2O2S/c1-7(6-11)15(13,14)12-9-4-2-3-8(10)5-9/h2-5,7,12H,1H3. The lowest BCUT2D eigenvalue weighted by atomic mass is 10.3. The molecule has 0 saturated carbocycles. The fourth-order valence-corrected chi connectivity index (χ4v) is 2.04. The molecule has 0 aliphatic carbocycles. The Labute approximate surface area is 97.1 Å². The normalized spacial score (nSPS) is 12.9. The van der Waals surface area contributed by atoms with Crippen molar-refractivity contribution in [2.75, 3.05) is 4.72 Å². The third-order valence-corrected chi connectivity index (χ3v) is 3.78. The van der Waals surface area contributed by atoms with Crippen LogP contribution in [-0.2, 0) is 10.0 Å². The Morgan fingerprint density at radius 1 is 1.53 bits per heavy atom. The molecule has 0 radical (unpaired) electrons. The lowest BCUT2D eigenvalue weighted by molar-refractivity contribution is 0.597. The van der Waals surface area contributed by atoms with Crippen LogP contribution in [0.25, 0.3) is 0 Å². The van der Waals surface area contributed by atoms with Gasteiger partial charge in [0.15, 0.2) is 5.25 Å². The third kappa shape index (κ3) is 3.22. The molecule has 0 spiro atoms. The second-order valence-electron chi connectivity index (χ2n) is 2.93. The minimum atomic E-state index is -3.61. The van der Waals surface area contributed by atoms with E-state index in [0.29, 0.717) is 5.69 Å². The Bertz CT molecular complexity index is 493. The third-order valence-electron chi connectivity index (χ3n) is 1.73. The molecule has 1 N–H and O–H groups in total. The van der Waals surface area contributed by atoms with Crippen molar-refractivity contribution in [3.63, 3.8) is 0 Å². The average molecular weight is 289 g/mol. The molecule has 1 atom stereocenters. The number of nitriles is 1. The van der Waals surface area contributed by atoms with Crippen molar-refractivity contribution < 1.29 is 8.42 Å². The van der Waals surface area contributed by atoms with Crippen LogP contribution >= 0.6 is 15.9 Å². The lowest BCUT2D eigenvalue weighted by Gasteiger charge is -2.08. The summed E-state index contributed by atoms with van der Waals surface area (Å²) in [5.74, 6) is 0. The topological polar surface area (TPSA) is 70.0 Å². The van der Waals surface area contributed by atoms with Crippen LogP contribution in [0.15, 0.2) is 28.7 Å². The Balaban J connectivity index is 2.93. The maximum atomic E-state index is 11.5. The van der Waals surface area contributed by atoms with Crippen molar-refractivity contribution in [3.8, 4) is 6.07 Å². The summed E-state index contributed by atoms with van der Waals surface area (Å²) in [7, 11) is -3.61. The minimum Gasteiger partial charge on any atom is -0.282 e. The summed E-state index contributed by atoms with van der Waals surface area (Å²) in [6, 6.07) is 8.41. The van der Waals surface area contributed by atoms with E-state index in [9.17, 15) is 8.42 Å². The van der Waals surface area contributed by atoms with Crippen LogP contribution in [0, 0.1) is 11.3 Å². The van der Waals surface area contributed by atoms with Gasteiger partial charge < -0.3 is 0 Å². The van der Waals surface area contributed by atoms with Crippen LogP contribution < -0.4 is 4.72 Å². The predicted octanol–water partition coefficient (Wildman–Crippen LogP) is 2.10. The van der Waals surface area contributed by atoms with Crippen LogP contribution in [0.3, 0.4) is 0 Å². The van der Waals surface area contributed by atoms with E-state index in [2.05, 4.69) is 20.7 Å². The second kappa shape index (κ2) is 4.64. The summed E-state index contributed by atoms with van der Waals surface area (Å²) in [4.78, 5) is 0. The van der Waals surface area contributed by atoms with Crippen LogP contribution in [0.1, 0.15) is 6.92 Å². The number of halogens is 1. The van der Waals surface area contributed by atoms with Gasteiger partial charge in [0.1, 0.15) is 0 Å². The largest absolute Gasteiger partial charge is 0.282 e. The number of anilines is 1. The van der Waals surface area contributed by atoms with E-state index >= 15 is 0 Å². The number of rotatable bonds is 3. The molecule has 0 bridgehead atoms. The first-order valence-electron chi connectivity index (χ1n) is 4.12. The quantitative estimate of drug-likeness (QED) is 0.926. The van der Waals surface area contributed by atoms with Crippen molar-refractivity contribution in [2.45, 2.75) is 12.2 Å². The number of hydrogen-bond donors (Lipinski definition) is 1. The van der Waals surface area contributed by atoms with E-state index in [0.717, 1.165) is 4.47 Å². The van der Waals surface area contributed by atoms with Gasteiger partial charge in [0.25, 0.3) is 0 Å². The maximum absolute atomic E-state index is 11.5. The number of hydrogen-bond acceptors (Lipinski definition) is 3. The van der Waals surface area contributed by atoms with Crippen LogP contribution in [0.2, 0.25) is 0 Å². The molecule has 0 amide bonds. The lowest BCUT2D eigenvalue weighted by Crippen LogP contribution is -2.23. The fourth-order valence-electron chi connectivity index (χ4n) is 0.874. The van der Waals surface area contributed by atoms with E-state index in [1.165, 1.54) is 6.92 Å². The number of sulfonamides is 1. The zero-order valence-electron chi connectivity index (χ0n) is 7.94. The van der Waals surface area contributed by atoms with Crippen LogP contribution in [0.5, 0.6) is 0 Å². The van der Waals surface area contributed by atoms with Crippen molar-refractivity contribution in [1.82, 2.24) is 0 Å². The highest BCUT2D eigenvalue weighted by Gasteiger charge is 2.19. The van der Waals surface area contributed by atoms with Crippen molar-refractivity contribution in [2.24, 2.45) is 0 Å². The van der Waals surface area contributed by atoms with Gasteiger partial charge in [-0.1, -0.05) is 22.0 Å². The molecule has 1 aromatic carbocycles. The van der Waals surface area contributed by atoms with Crippen molar-refractivity contribution >= 4 is 31.6 Å². The molecule has 0 aliphatic rings. The first-order chi connectivity index (χ1) is 6.95.